The van der Waals surface area contributed by atoms with E-state index in [1.807, 2.05) is 0 Å². The molecule has 2 aromatic rings. The van der Waals surface area contributed by atoms with Crippen LogP contribution < -0.4 is 0 Å². The molecule has 0 amide bonds. The first-order valence-corrected chi connectivity index (χ1v) is 13.6. The van der Waals surface area contributed by atoms with Crippen LogP contribution in [0.25, 0.3) is 0 Å². The fourth-order valence-electron chi connectivity index (χ4n) is 4.11. The van der Waals surface area contributed by atoms with Crippen LogP contribution in [0.15, 0.2) is 70.5 Å². The van der Waals surface area contributed by atoms with Crippen molar-refractivity contribution in [3.63, 3.8) is 0 Å². The Labute approximate surface area is 180 Å². The van der Waals surface area contributed by atoms with Gasteiger partial charge in [0.05, 0.1) is 9.79 Å². The van der Waals surface area contributed by atoms with Crippen LogP contribution in [-0.2, 0) is 19.7 Å². The smallest absolute Gasteiger partial charge is 0.198 e. The molecule has 8 heteroatoms. The van der Waals surface area contributed by atoms with Crippen molar-refractivity contribution in [3.05, 3.63) is 60.7 Å². The summed E-state index contributed by atoms with van der Waals surface area (Å²) in [4.78, 5) is 0.0396. The third-order valence-corrected chi connectivity index (χ3v) is 12.5. The number of aliphatic hydroxyl groups is 1. The number of alkyl halides is 1. The molecule has 0 bridgehead atoms. The van der Waals surface area contributed by atoms with Gasteiger partial charge in [0.15, 0.2) is 23.8 Å². The summed E-state index contributed by atoms with van der Waals surface area (Å²) in [6, 6.07) is 15.6. The molecule has 152 valence electrons. The highest BCUT2D eigenvalue weighted by molar-refractivity contribution is 14.1. The van der Waals surface area contributed by atoms with Gasteiger partial charge in [0.2, 0.25) is 0 Å². The Hall–Kier alpha value is -0.970. The van der Waals surface area contributed by atoms with E-state index >= 15 is 0 Å². The second-order valence-corrected chi connectivity index (χ2v) is 12.8. The van der Waals surface area contributed by atoms with Crippen LogP contribution in [0.3, 0.4) is 0 Å². The van der Waals surface area contributed by atoms with Gasteiger partial charge >= 0.3 is 0 Å². The minimum Gasteiger partial charge on any atom is -0.396 e. The molecule has 1 N–H and O–H groups in total. The van der Waals surface area contributed by atoms with E-state index in [0.29, 0.717) is 10.8 Å². The van der Waals surface area contributed by atoms with Crippen molar-refractivity contribution >= 4 is 42.3 Å². The van der Waals surface area contributed by atoms with Crippen LogP contribution in [-0.4, -0.2) is 37.1 Å². The summed E-state index contributed by atoms with van der Waals surface area (Å²) in [6.07, 6.45) is 0.425. The Morgan fingerprint density at radius 2 is 1.25 bits per heavy atom. The summed E-state index contributed by atoms with van der Waals surface area (Å²) in [5, 5.41) is 9.45. The molecule has 0 aliphatic heterocycles. The van der Waals surface area contributed by atoms with Crippen LogP contribution >= 0.6 is 22.6 Å². The molecule has 1 aliphatic rings. The molecule has 0 unspecified atom stereocenters. The average molecular weight is 534 g/mol. The lowest BCUT2D eigenvalue weighted by Gasteiger charge is -2.29. The Balaban J connectivity index is 2.25. The molecule has 0 heterocycles. The Bertz CT molecular complexity index is 936. The fourth-order valence-corrected chi connectivity index (χ4v) is 10.5. The van der Waals surface area contributed by atoms with Crippen LogP contribution in [0, 0.1) is 11.8 Å². The summed E-state index contributed by atoms with van der Waals surface area (Å²) in [5.74, 6) is -0.261. The van der Waals surface area contributed by atoms with Gasteiger partial charge in [-0.1, -0.05) is 59.0 Å². The molecule has 3 rings (SSSR count). The Morgan fingerprint density at radius 3 is 1.64 bits per heavy atom. The first-order chi connectivity index (χ1) is 13.3. The highest BCUT2D eigenvalue weighted by Crippen LogP contribution is 2.53. The zero-order valence-corrected chi connectivity index (χ0v) is 19.0. The van der Waals surface area contributed by atoms with Crippen LogP contribution in [0.2, 0.25) is 0 Å². The molecular formula is C20H23IO5S2. The fraction of sp³-hybridized carbons (Fsp3) is 0.400. The van der Waals surface area contributed by atoms with E-state index in [1.54, 1.807) is 36.4 Å². The van der Waals surface area contributed by atoms with E-state index in [1.165, 1.54) is 24.3 Å². The van der Waals surface area contributed by atoms with Crippen molar-refractivity contribution in [1.29, 1.82) is 0 Å². The summed E-state index contributed by atoms with van der Waals surface area (Å²) in [7, 11) is -8.35. The zero-order chi connectivity index (χ0) is 20.4. The van der Waals surface area contributed by atoms with Crippen molar-refractivity contribution in [2.45, 2.75) is 33.1 Å². The molecule has 0 aromatic heterocycles. The van der Waals surface area contributed by atoms with Gasteiger partial charge in [-0.3, -0.25) is 0 Å². The normalized spacial score (nSPS) is 22.2. The van der Waals surface area contributed by atoms with Gasteiger partial charge in [0, 0.05) is 11.0 Å². The van der Waals surface area contributed by atoms with E-state index in [9.17, 15) is 21.9 Å². The second-order valence-electron chi connectivity index (χ2n) is 7.14. The van der Waals surface area contributed by atoms with Gasteiger partial charge in [-0.05, 0) is 55.4 Å². The third kappa shape index (κ3) is 3.53. The number of sulfone groups is 2. The largest absolute Gasteiger partial charge is 0.396 e. The van der Waals surface area contributed by atoms with Crippen molar-refractivity contribution < 1.29 is 21.9 Å². The van der Waals surface area contributed by atoms with Crippen molar-refractivity contribution in [2.24, 2.45) is 11.8 Å². The number of rotatable bonds is 7. The lowest BCUT2D eigenvalue weighted by molar-refractivity contribution is 0.241. The molecule has 28 heavy (non-hydrogen) atoms. The van der Waals surface area contributed by atoms with Crippen molar-refractivity contribution in [3.8, 4) is 0 Å². The number of benzene rings is 2. The lowest BCUT2D eigenvalue weighted by Crippen LogP contribution is -2.44. The minimum absolute atomic E-state index is 0.00428. The van der Waals surface area contributed by atoms with Gasteiger partial charge in [-0.15, -0.1) is 0 Å². The predicted molar refractivity (Wildman–Crippen MR) is 117 cm³/mol. The average Bonchev–Trinajstić information content (AvgIpc) is 3.10. The minimum atomic E-state index is -4.17. The molecule has 5 nitrogen and oxygen atoms in total. The van der Waals surface area contributed by atoms with Crippen molar-refractivity contribution in [2.75, 3.05) is 11.0 Å². The standard InChI is InChI=1S/C20H23IO5S2/c21-15-17-14-20(13-16(17)11-12-22,27(23,24)18-7-3-1-4-8-18)28(25,26)19-9-5-2-6-10-19/h1-10,16-17,22H,11-15H2/t16-,17-/m0/s1. The van der Waals surface area contributed by atoms with E-state index in [0.717, 1.165) is 0 Å². The third-order valence-electron chi connectivity index (χ3n) is 5.60. The van der Waals surface area contributed by atoms with Crippen LogP contribution in [0.5, 0.6) is 0 Å². The van der Waals surface area contributed by atoms with E-state index in [-0.39, 0.29) is 41.1 Å². The lowest BCUT2D eigenvalue weighted by atomic mass is 9.95. The topological polar surface area (TPSA) is 88.5 Å². The number of halogens is 1. The molecule has 1 saturated carbocycles. The predicted octanol–water partition coefficient (Wildman–Crippen LogP) is 3.47. The number of hydrogen-bond acceptors (Lipinski definition) is 5. The summed E-state index contributed by atoms with van der Waals surface area (Å²) in [5.41, 5.74) is 0. The highest BCUT2D eigenvalue weighted by atomic mass is 127. The maximum Gasteiger partial charge on any atom is 0.198 e. The monoisotopic (exact) mass is 534 g/mol. The SMILES string of the molecule is O=S(=O)(c1ccccc1)C1(S(=O)(=O)c2ccccc2)C[C@@H](CI)[C@@H](CCO)C1. The van der Waals surface area contributed by atoms with E-state index < -0.39 is 23.8 Å². The first kappa shape index (κ1) is 21.7. The maximum absolute atomic E-state index is 13.7. The van der Waals surface area contributed by atoms with Gasteiger partial charge in [0.25, 0.3) is 0 Å². The molecule has 1 aliphatic carbocycles. The molecule has 0 radical (unpaired) electrons. The number of aliphatic hydroxyl groups excluding tert-OH is 1. The Morgan fingerprint density at radius 1 is 0.821 bits per heavy atom. The summed E-state index contributed by atoms with van der Waals surface area (Å²) in [6.45, 7) is -0.0926. The zero-order valence-electron chi connectivity index (χ0n) is 15.2. The number of hydrogen-bond donors (Lipinski definition) is 1. The van der Waals surface area contributed by atoms with Crippen LogP contribution in [0.1, 0.15) is 19.3 Å². The van der Waals surface area contributed by atoms with Crippen molar-refractivity contribution in [1.82, 2.24) is 0 Å². The highest BCUT2D eigenvalue weighted by Gasteiger charge is 2.62. The van der Waals surface area contributed by atoms with E-state index in [4.69, 9.17) is 0 Å². The molecular weight excluding hydrogens is 511 g/mol. The Kier molecular flexibility index (Phi) is 6.53. The molecule has 0 spiro atoms. The summed E-state index contributed by atoms with van der Waals surface area (Å²) < 4.78 is 53.7. The molecule has 0 saturated heterocycles. The summed E-state index contributed by atoms with van der Waals surface area (Å²) >= 11 is 2.18. The van der Waals surface area contributed by atoms with E-state index in [2.05, 4.69) is 22.6 Å². The molecule has 2 atom stereocenters. The second kappa shape index (κ2) is 8.41. The molecule has 2 aromatic carbocycles. The maximum atomic E-state index is 13.7. The quantitative estimate of drug-likeness (QED) is 0.434. The van der Waals surface area contributed by atoms with Crippen LogP contribution in [0.4, 0.5) is 0 Å². The van der Waals surface area contributed by atoms with Gasteiger partial charge < -0.3 is 5.11 Å². The molecule has 1 fully saturated rings. The van der Waals surface area contributed by atoms with Gasteiger partial charge in [-0.25, -0.2) is 16.8 Å². The van der Waals surface area contributed by atoms with Gasteiger partial charge in [0.1, 0.15) is 0 Å². The van der Waals surface area contributed by atoms with Gasteiger partial charge in [-0.2, -0.15) is 0 Å². The first-order valence-electron chi connectivity index (χ1n) is 9.06.